The number of halogens is 3. The third kappa shape index (κ3) is 5.38. The molecule has 2 amide bonds. The molecular weight excluding hydrogens is 577 g/mol. The predicted molar refractivity (Wildman–Crippen MR) is 152 cm³/mol. The molecule has 3 aromatic carbocycles. The van der Waals surface area contributed by atoms with Crippen LogP contribution in [0, 0.1) is 0 Å². The number of rotatable bonds is 4. The Balaban J connectivity index is 1.37. The summed E-state index contributed by atoms with van der Waals surface area (Å²) in [5.74, 6) is 0.666. The molecule has 1 unspecified atom stereocenters. The Kier molecular flexibility index (Phi) is 7.53. The first kappa shape index (κ1) is 25.7. The molecule has 190 valence electrons. The van der Waals surface area contributed by atoms with Crippen LogP contribution in [-0.2, 0) is 0 Å². The van der Waals surface area contributed by atoms with Gasteiger partial charge in [0, 0.05) is 36.3 Å². The van der Waals surface area contributed by atoms with Crippen LogP contribution in [0.2, 0.25) is 10.0 Å². The number of aromatic nitrogens is 2. The highest BCUT2D eigenvalue weighted by molar-refractivity contribution is 9.10. The summed E-state index contributed by atoms with van der Waals surface area (Å²) in [6.45, 7) is 4.40. The van der Waals surface area contributed by atoms with Crippen molar-refractivity contribution in [3.8, 4) is 5.69 Å². The molecule has 0 saturated carbocycles. The zero-order valence-corrected chi connectivity index (χ0v) is 23.1. The molecule has 0 spiro atoms. The van der Waals surface area contributed by atoms with Crippen LogP contribution in [0.3, 0.4) is 0 Å². The Labute approximate surface area is 232 Å². The summed E-state index contributed by atoms with van der Waals surface area (Å²) in [5, 5.41) is 4.28. The van der Waals surface area contributed by atoms with E-state index in [2.05, 4.69) is 33.1 Å². The SMILES string of the molecule is CC(c1nc2ccccc2c(=O)n1-c1ccc(Br)cc1)N1CCN(C(=O)Nc2ccc(Cl)c(Cl)c2)CC1. The number of para-hydroxylation sites is 1. The molecule has 0 aliphatic carbocycles. The van der Waals surface area contributed by atoms with Crippen molar-refractivity contribution < 1.29 is 4.79 Å². The first-order valence-electron chi connectivity index (χ1n) is 11.8. The minimum absolute atomic E-state index is 0.102. The summed E-state index contributed by atoms with van der Waals surface area (Å²) in [6.07, 6.45) is 0. The van der Waals surface area contributed by atoms with Crippen molar-refractivity contribution in [2.75, 3.05) is 31.5 Å². The zero-order chi connectivity index (χ0) is 26.1. The molecule has 1 saturated heterocycles. The quantitative estimate of drug-likeness (QED) is 0.296. The number of fused-ring (bicyclic) bond motifs is 1. The van der Waals surface area contributed by atoms with Crippen LogP contribution in [0.4, 0.5) is 10.5 Å². The molecule has 1 N–H and O–H groups in total. The zero-order valence-electron chi connectivity index (χ0n) is 20.0. The molecule has 2 heterocycles. The van der Waals surface area contributed by atoms with Gasteiger partial charge in [0.2, 0.25) is 0 Å². The van der Waals surface area contributed by atoms with Crippen molar-refractivity contribution in [1.82, 2.24) is 19.4 Å². The molecule has 1 fully saturated rings. The monoisotopic (exact) mass is 599 g/mol. The Morgan fingerprint density at radius 3 is 2.38 bits per heavy atom. The van der Waals surface area contributed by atoms with Crippen molar-refractivity contribution >= 4 is 61.8 Å². The molecule has 10 heteroatoms. The fourth-order valence-electron chi connectivity index (χ4n) is 4.52. The van der Waals surface area contributed by atoms with E-state index < -0.39 is 0 Å². The van der Waals surface area contributed by atoms with Gasteiger partial charge in [-0.3, -0.25) is 14.3 Å². The molecule has 1 aliphatic rings. The standard InChI is InChI=1S/C27H24BrCl2N5O2/c1-17(33-12-14-34(15-13-33)27(37)31-19-8-11-22(29)23(30)16-19)25-32-24-5-3-2-4-21(24)26(36)35(25)20-9-6-18(28)7-10-20/h2-11,16-17H,12-15H2,1H3,(H,31,37). The highest BCUT2D eigenvalue weighted by Gasteiger charge is 2.28. The third-order valence-corrected chi connectivity index (χ3v) is 7.85. The number of nitrogens with one attached hydrogen (secondary N) is 1. The molecule has 4 aromatic rings. The van der Waals surface area contributed by atoms with Crippen molar-refractivity contribution in [1.29, 1.82) is 0 Å². The summed E-state index contributed by atoms with van der Waals surface area (Å²) in [4.78, 5) is 35.4. The van der Waals surface area contributed by atoms with Gasteiger partial charge in [-0.05, 0) is 61.5 Å². The predicted octanol–water partition coefficient (Wildman–Crippen LogP) is 6.37. The van der Waals surface area contributed by atoms with E-state index in [4.69, 9.17) is 28.2 Å². The summed E-state index contributed by atoms with van der Waals surface area (Å²) in [6, 6.07) is 19.7. The van der Waals surface area contributed by atoms with E-state index in [1.165, 1.54) is 0 Å². The van der Waals surface area contributed by atoms with Crippen LogP contribution in [-0.4, -0.2) is 51.6 Å². The van der Waals surface area contributed by atoms with Crippen LogP contribution < -0.4 is 10.9 Å². The van der Waals surface area contributed by atoms with E-state index >= 15 is 0 Å². The maximum absolute atomic E-state index is 13.6. The summed E-state index contributed by atoms with van der Waals surface area (Å²) in [7, 11) is 0. The highest BCUT2D eigenvalue weighted by atomic mass is 79.9. The fourth-order valence-corrected chi connectivity index (χ4v) is 5.08. The van der Waals surface area contributed by atoms with Gasteiger partial charge in [-0.15, -0.1) is 0 Å². The molecule has 7 nitrogen and oxygen atoms in total. The minimum atomic E-state index is -0.193. The van der Waals surface area contributed by atoms with Gasteiger partial charge in [-0.1, -0.05) is 51.3 Å². The number of piperazine rings is 1. The number of carbonyl (C=O) groups is 1. The number of carbonyl (C=O) groups excluding carboxylic acids is 1. The minimum Gasteiger partial charge on any atom is -0.322 e. The molecule has 0 radical (unpaired) electrons. The Morgan fingerprint density at radius 1 is 0.973 bits per heavy atom. The van der Waals surface area contributed by atoms with Gasteiger partial charge in [-0.2, -0.15) is 0 Å². The summed E-state index contributed by atoms with van der Waals surface area (Å²) in [5.41, 5.74) is 1.92. The van der Waals surface area contributed by atoms with Crippen LogP contribution >= 0.6 is 39.1 Å². The number of amides is 2. The highest BCUT2D eigenvalue weighted by Crippen LogP contribution is 2.27. The fraction of sp³-hybridized carbons (Fsp3) is 0.222. The van der Waals surface area contributed by atoms with Crippen molar-refractivity contribution in [3.63, 3.8) is 0 Å². The van der Waals surface area contributed by atoms with E-state index in [9.17, 15) is 9.59 Å². The van der Waals surface area contributed by atoms with Crippen molar-refractivity contribution in [3.05, 3.63) is 97.4 Å². The number of anilines is 1. The Hall–Kier alpha value is -2.91. The van der Waals surface area contributed by atoms with Crippen molar-refractivity contribution in [2.24, 2.45) is 0 Å². The lowest BCUT2D eigenvalue weighted by molar-refractivity contribution is 0.115. The first-order chi connectivity index (χ1) is 17.8. The van der Waals surface area contributed by atoms with E-state index in [-0.39, 0.29) is 17.6 Å². The topological polar surface area (TPSA) is 70.5 Å². The van der Waals surface area contributed by atoms with E-state index in [0.717, 1.165) is 10.2 Å². The van der Waals surface area contributed by atoms with E-state index in [0.29, 0.717) is 58.6 Å². The average Bonchev–Trinajstić information content (AvgIpc) is 2.91. The first-order valence-corrected chi connectivity index (χ1v) is 13.4. The maximum atomic E-state index is 13.6. The summed E-state index contributed by atoms with van der Waals surface area (Å²) >= 11 is 15.5. The van der Waals surface area contributed by atoms with Gasteiger partial charge in [0.05, 0.1) is 32.7 Å². The van der Waals surface area contributed by atoms with Gasteiger partial charge in [0.15, 0.2) is 0 Å². The third-order valence-electron chi connectivity index (χ3n) is 6.58. The molecule has 1 aliphatic heterocycles. The van der Waals surface area contributed by atoms with Gasteiger partial charge in [0.1, 0.15) is 5.82 Å². The second kappa shape index (κ2) is 10.8. The lowest BCUT2D eigenvalue weighted by Gasteiger charge is -2.38. The summed E-state index contributed by atoms with van der Waals surface area (Å²) < 4.78 is 2.63. The molecular formula is C27H24BrCl2N5O2. The van der Waals surface area contributed by atoms with Gasteiger partial charge in [0.25, 0.3) is 5.56 Å². The van der Waals surface area contributed by atoms with Crippen LogP contribution in [0.25, 0.3) is 16.6 Å². The number of nitrogens with zero attached hydrogens (tertiary/aromatic N) is 4. The second-order valence-corrected chi connectivity index (χ2v) is 10.6. The number of hydrogen-bond acceptors (Lipinski definition) is 4. The van der Waals surface area contributed by atoms with Crippen LogP contribution in [0.1, 0.15) is 18.8 Å². The normalized spacial score (nSPS) is 15.1. The molecule has 0 bridgehead atoms. The van der Waals surface area contributed by atoms with E-state index in [1.54, 1.807) is 33.7 Å². The van der Waals surface area contributed by atoms with E-state index in [1.807, 2.05) is 42.5 Å². The molecule has 37 heavy (non-hydrogen) atoms. The number of benzene rings is 3. The average molecular weight is 601 g/mol. The number of urea groups is 1. The largest absolute Gasteiger partial charge is 0.322 e. The Morgan fingerprint density at radius 2 is 1.68 bits per heavy atom. The van der Waals surface area contributed by atoms with Crippen LogP contribution in [0.15, 0.2) is 76.0 Å². The number of hydrogen-bond donors (Lipinski definition) is 1. The molecule has 5 rings (SSSR count). The van der Waals surface area contributed by atoms with Crippen molar-refractivity contribution in [2.45, 2.75) is 13.0 Å². The van der Waals surface area contributed by atoms with Gasteiger partial charge < -0.3 is 10.2 Å². The van der Waals surface area contributed by atoms with Gasteiger partial charge >= 0.3 is 6.03 Å². The Bertz CT molecular complexity index is 1520. The van der Waals surface area contributed by atoms with Gasteiger partial charge in [-0.25, -0.2) is 9.78 Å². The lowest BCUT2D eigenvalue weighted by atomic mass is 10.1. The second-order valence-electron chi connectivity index (χ2n) is 8.86. The smallest absolute Gasteiger partial charge is 0.321 e. The maximum Gasteiger partial charge on any atom is 0.321 e. The molecule has 1 aromatic heterocycles. The molecule has 1 atom stereocenters. The van der Waals surface area contributed by atoms with Crippen LogP contribution in [0.5, 0.6) is 0 Å². The lowest BCUT2D eigenvalue weighted by Crippen LogP contribution is -2.51.